The summed E-state index contributed by atoms with van der Waals surface area (Å²) >= 11 is 0. The fourth-order valence-electron chi connectivity index (χ4n) is 9.42. The summed E-state index contributed by atoms with van der Waals surface area (Å²) in [7, 11) is 0. The zero-order chi connectivity index (χ0) is 48.5. The Morgan fingerprint density at radius 3 is 1.84 bits per heavy atom. The zero-order valence-corrected chi connectivity index (χ0v) is 38.8. The number of nitrogens with zero attached hydrogens (tertiary/aromatic N) is 4. The predicted octanol–water partition coefficient (Wildman–Crippen LogP) is 16.8. The van der Waals surface area contributed by atoms with Gasteiger partial charge in [-0.15, -0.1) is 0 Å². The van der Waals surface area contributed by atoms with E-state index in [1.807, 2.05) is 67.8 Å². The molecule has 0 saturated heterocycles. The van der Waals surface area contributed by atoms with E-state index in [-0.39, 0.29) is 23.7 Å². The number of benzene rings is 8. The van der Waals surface area contributed by atoms with Crippen LogP contribution in [0.1, 0.15) is 56.8 Å². The Bertz CT molecular complexity index is 3630. The number of anilines is 4. The van der Waals surface area contributed by atoms with Gasteiger partial charge in [0.25, 0.3) is 0 Å². The standard InChI is InChI=1S/C62H54N4O/c1-61(2,3)46-33-34-63-59(38-46)66-55-28-14-13-27-51(55)52-32-31-50(40-58(52)66)67-49-26-18-25-48(39-49)64-41-65(57-30-16-15-29-56(57)64)60-53(43-21-11-8-12-22-43)36-47(62(4,5)6)37-54(60)45-24-17-23-44(35-45)42-19-9-7-10-20-42/h7-40H,41H2,1-6H3/i33D,34D,38D. The third-order valence-electron chi connectivity index (χ3n) is 12.9. The van der Waals surface area contributed by atoms with Crippen molar-refractivity contribution in [1.82, 2.24) is 9.55 Å². The molecular formula is C62H54N4O. The van der Waals surface area contributed by atoms with Crippen LogP contribution in [0.3, 0.4) is 0 Å². The second-order valence-corrected chi connectivity index (χ2v) is 19.5. The highest BCUT2D eigenvalue weighted by Crippen LogP contribution is 2.52. The number of rotatable bonds is 8. The van der Waals surface area contributed by atoms with Crippen LogP contribution in [0.25, 0.3) is 61.0 Å². The van der Waals surface area contributed by atoms with Crippen LogP contribution in [-0.2, 0) is 10.8 Å². The zero-order valence-electron chi connectivity index (χ0n) is 41.8. The molecule has 10 aromatic rings. The molecule has 0 amide bonds. The van der Waals surface area contributed by atoms with Crippen molar-refractivity contribution in [3.05, 3.63) is 217 Å². The maximum absolute atomic E-state index is 9.39. The average Bonchev–Trinajstić information content (AvgIpc) is 3.90. The van der Waals surface area contributed by atoms with Gasteiger partial charge in [-0.25, -0.2) is 4.98 Å². The first-order chi connectivity index (χ1) is 33.7. The highest BCUT2D eigenvalue weighted by atomic mass is 16.5. The van der Waals surface area contributed by atoms with Gasteiger partial charge >= 0.3 is 0 Å². The summed E-state index contributed by atoms with van der Waals surface area (Å²) in [5.41, 5.74) is 14.1. The van der Waals surface area contributed by atoms with Crippen molar-refractivity contribution in [3.63, 3.8) is 0 Å². The van der Waals surface area contributed by atoms with E-state index in [1.165, 1.54) is 27.8 Å². The van der Waals surface area contributed by atoms with Crippen LogP contribution in [0.4, 0.5) is 22.7 Å². The number of aromatic nitrogens is 2. The number of para-hydroxylation sites is 3. The second kappa shape index (κ2) is 16.5. The van der Waals surface area contributed by atoms with Crippen molar-refractivity contribution in [2.45, 2.75) is 52.4 Å². The normalized spacial score (nSPS) is 13.4. The smallest absolute Gasteiger partial charge is 0.137 e. The molecule has 67 heavy (non-hydrogen) atoms. The van der Waals surface area contributed by atoms with E-state index in [0.717, 1.165) is 55.7 Å². The Morgan fingerprint density at radius 2 is 1.09 bits per heavy atom. The van der Waals surface area contributed by atoms with E-state index in [4.69, 9.17) is 7.48 Å². The molecule has 0 unspecified atom stereocenters. The van der Waals surface area contributed by atoms with Crippen LogP contribution in [-0.4, -0.2) is 16.2 Å². The van der Waals surface area contributed by atoms with E-state index in [2.05, 4.69) is 181 Å². The van der Waals surface area contributed by atoms with Crippen molar-refractivity contribution in [2.75, 3.05) is 16.5 Å². The monoisotopic (exact) mass is 873 g/mol. The molecule has 8 aromatic carbocycles. The summed E-state index contributed by atoms with van der Waals surface area (Å²) in [4.78, 5) is 9.43. The Labute approximate surface area is 398 Å². The Morgan fingerprint density at radius 1 is 0.493 bits per heavy atom. The molecule has 1 aliphatic heterocycles. The minimum absolute atomic E-state index is 0.0150. The second-order valence-electron chi connectivity index (χ2n) is 19.5. The van der Waals surface area contributed by atoms with Crippen LogP contribution in [0.15, 0.2) is 206 Å². The first-order valence-electron chi connectivity index (χ1n) is 24.6. The number of pyridine rings is 1. The molecule has 11 rings (SSSR count). The molecule has 0 radical (unpaired) electrons. The van der Waals surface area contributed by atoms with Gasteiger partial charge < -0.3 is 14.5 Å². The largest absolute Gasteiger partial charge is 0.457 e. The molecule has 0 bridgehead atoms. The van der Waals surface area contributed by atoms with Gasteiger partial charge in [-0.3, -0.25) is 4.57 Å². The fourth-order valence-corrected chi connectivity index (χ4v) is 9.42. The molecule has 3 heterocycles. The van der Waals surface area contributed by atoms with Crippen LogP contribution in [0.2, 0.25) is 0 Å². The molecule has 0 N–H and O–H groups in total. The number of hydrogen-bond acceptors (Lipinski definition) is 4. The van der Waals surface area contributed by atoms with Crippen LogP contribution >= 0.6 is 0 Å². The van der Waals surface area contributed by atoms with E-state index < -0.39 is 5.41 Å². The minimum Gasteiger partial charge on any atom is -0.457 e. The molecule has 328 valence electrons. The lowest BCUT2D eigenvalue weighted by Crippen LogP contribution is -2.25. The predicted molar refractivity (Wildman–Crippen MR) is 281 cm³/mol. The van der Waals surface area contributed by atoms with Crippen molar-refractivity contribution in [2.24, 2.45) is 0 Å². The van der Waals surface area contributed by atoms with Crippen LogP contribution in [0, 0.1) is 0 Å². The third-order valence-corrected chi connectivity index (χ3v) is 12.9. The van der Waals surface area contributed by atoms with Gasteiger partial charge in [0.05, 0.1) is 32.2 Å². The van der Waals surface area contributed by atoms with Crippen molar-refractivity contribution < 1.29 is 8.85 Å². The van der Waals surface area contributed by atoms with Crippen molar-refractivity contribution in [1.29, 1.82) is 0 Å². The summed E-state index contributed by atoms with van der Waals surface area (Å²) in [5.74, 6) is 1.62. The Hall–Kier alpha value is -7.89. The van der Waals surface area contributed by atoms with Gasteiger partial charge in [0.1, 0.15) is 24.0 Å². The molecular weight excluding hydrogens is 817 g/mol. The quantitative estimate of drug-likeness (QED) is 0.152. The molecule has 0 atom stereocenters. The first kappa shape index (κ1) is 38.4. The molecule has 0 spiro atoms. The van der Waals surface area contributed by atoms with Crippen LogP contribution in [0.5, 0.6) is 11.5 Å². The van der Waals surface area contributed by atoms with Gasteiger partial charge in [0.15, 0.2) is 0 Å². The Balaban J connectivity index is 1.01. The lowest BCUT2D eigenvalue weighted by molar-refractivity contribution is 0.483. The van der Waals surface area contributed by atoms with E-state index in [9.17, 15) is 1.37 Å². The van der Waals surface area contributed by atoms with E-state index >= 15 is 0 Å². The van der Waals surface area contributed by atoms with Gasteiger partial charge in [0, 0.05) is 45.9 Å². The van der Waals surface area contributed by atoms with E-state index in [1.54, 1.807) is 0 Å². The highest BCUT2D eigenvalue weighted by Gasteiger charge is 2.33. The lowest BCUT2D eigenvalue weighted by Gasteiger charge is -2.30. The maximum Gasteiger partial charge on any atom is 0.137 e. The minimum atomic E-state index is -0.537. The topological polar surface area (TPSA) is 33.5 Å². The maximum atomic E-state index is 9.39. The molecule has 2 aromatic heterocycles. The summed E-state index contributed by atoms with van der Waals surface area (Å²) in [5, 5.41) is 1.97. The van der Waals surface area contributed by atoms with Gasteiger partial charge in [-0.1, -0.05) is 157 Å². The average molecular weight is 874 g/mol. The third kappa shape index (κ3) is 7.80. The summed E-state index contributed by atoms with van der Waals surface area (Å²) in [6, 6.07) is 66.3. The summed E-state index contributed by atoms with van der Waals surface area (Å²) in [6.07, 6.45) is -0.153. The number of hydrogen-bond donors (Lipinski definition) is 0. The molecule has 5 nitrogen and oxygen atoms in total. The lowest BCUT2D eigenvalue weighted by atomic mass is 9.81. The van der Waals surface area contributed by atoms with E-state index in [0.29, 0.717) is 29.5 Å². The first-order valence-corrected chi connectivity index (χ1v) is 23.1. The summed E-state index contributed by atoms with van der Waals surface area (Å²) in [6.45, 7) is 13.4. The Kier molecular flexibility index (Phi) is 9.46. The summed E-state index contributed by atoms with van der Waals surface area (Å²) < 4.78 is 35.6. The molecule has 0 aliphatic carbocycles. The highest BCUT2D eigenvalue weighted by molar-refractivity contribution is 6.09. The molecule has 0 saturated carbocycles. The molecule has 0 fully saturated rings. The fraction of sp³-hybridized carbons (Fsp3) is 0.145. The van der Waals surface area contributed by atoms with Gasteiger partial charge in [-0.05, 0) is 117 Å². The van der Waals surface area contributed by atoms with Gasteiger partial charge in [-0.2, -0.15) is 0 Å². The van der Waals surface area contributed by atoms with Gasteiger partial charge in [0.2, 0.25) is 0 Å². The number of fused-ring (bicyclic) bond motifs is 4. The van der Waals surface area contributed by atoms with Crippen molar-refractivity contribution >= 4 is 44.6 Å². The number of ether oxygens (including phenoxy) is 1. The molecule has 5 heteroatoms. The van der Waals surface area contributed by atoms with Crippen molar-refractivity contribution in [3.8, 4) is 50.7 Å². The van der Waals surface area contributed by atoms with Crippen LogP contribution < -0.4 is 14.5 Å². The molecule has 1 aliphatic rings. The SMILES string of the molecule is [2H]c1nc(-n2c3ccccc3c3ccc(Oc4cccc(N5CN(c6c(-c7ccccc7)cc(C(C)(C)C)cc6-c6cccc(-c7ccccc7)c6)c6ccccc65)c4)cc32)c([2H])c(C(C)(C)C)c1[2H].